The fourth-order valence-electron chi connectivity index (χ4n) is 3.17. The number of rotatable bonds is 7. The molecule has 0 saturated heterocycles. The van der Waals surface area contributed by atoms with Crippen LogP contribution in [0.3, 0.4) is 0 Å². The molecular formula is C25H27FN6O3. The number of carbonyl (C=O) groups excluding carboxylic acids is 2. The van der Waals surface area contributed by atoms with E-state index in [0.29, 0.717) is 27.7 Å². The minimum Gasteiger partial charge on any atom is -0.435 e. The molecule has 0 saturated carbocycles. The number of ether oxygens (including phenoxy) is 1. The van der Waals surface area contributed by atoms with Crippen LogP contribution in [0.15, 0.2) is 53.5 Å². The lowest BCUT2D eigenvalue weighted by molar-refractivity contribution is -0.119. The highest BCUT2D eigenvalue weighted by Crippen LogP contribution is 2.32. The number of aryl methyl sites for hydroxylation is 1. The summed E-state index contributed by atoms with van der Waals surface area (Å²) in [4.78, 5) is 36.5. The standard InChI is InChI=1S/C25H27FN6O3/c1-14-7-15(9-21(33)32-17(11-27)12-31-25(2,3)4)8-19(26)22(14)35-24-18-10-16(23(28)34)5-6-20(18)29-13-30-24/h5-8,10-13H,9,27H2,1-4H3,(H2,28,34)(H,32,33). The number of benzene rings is 2. The number of fused-ring (bicyclic) bond motifs is 1. The zero-order chi connectivity index (χ0) is 25.8. The number of nitrogens with two attached hydrogens (primary N) is 2. The summed E-state index contributed by atoms with van der Waals surface area (Å²) in [6.07, 6.45) is 3.91. The molecule has 3 rings (SSSR count). The van der Waals surface area contributed by atoms with Gasteiger partial charge in [-0.15, -0.1) is 0 Å². The van der Waals surface area contributed by atoms with E-state index in [4.69, 9.17) is 16.2 Å². The molecule has 2 amide bonds. The number of nitrogens with zero attached hydrogens (tertiary/aromatic N) is 3. The summed E-state index contributed by atoms with van der Waals surface area (Å²) in [6, 6.07) is 7.49. The average molecular weight is 479 g/mol. The molecule has 5 N–H and O–H groups in total. The predicted octanol–water partition coefficient (Wildman–Crippen LogP) is 3.30. The van der Waals surface area contributed by atoms with Crippen LogP contribution in [0, 0.1) is 12.7 Å². The highest BCUT2D eigenvalue weighted by atomic mass is 19.1. The third-order valence-electron chi connectivity index (χ3n) is 4.79. The van der Waals surface area contributed by atoms with E-state index in [1.807, 2.05) is 20.8 Å². The number of aliphatic imine (C=N–C) groups is 1. The van der Waals surface area contributed by atoms with Crippen molar-refractivity contribution in [3.63, 3.8) is 0 Å². The zero-order valence-corrected chi connectivity index (χ0v) is 19.9. The minimum absolute atomic E-state index is 0.0570. The first-order valence-electron chi connectivity index (χ1n) is 10.8. The molecule has 0 bridgehead atoms. The average Bonchev–Trinajstić information content (AvgIpc) is 2.78. The zero-order valence-electron chi connectivity index (χ0n) is 19.9. The van der Waals surface area contributed by atoms with Crippen molar-refractivity contribution in [2.45, 2.75) is 39.7 Å². The van der Waals surface area contributed by atoms with Gasteiger partial charge in [0, 0.05) is 18.0 Å². The Morgan fingerprint density at radius 3 is 2.57 bits per heavy atom. The van der Waals surface area contributed by atoms with Gasteiger partial charge in [0.1, 0.15) is 6.33 Å². The van der Waals surface area contributed by atoms with E-state index in [-0.39, 0.29) is 35.1 Å². The maximum Gasteiger partial charge on any atom is 0.248 e. The number of hydrogen-bond donors (Lipinski definition) is 3. The summed E-state index contributed by atoms with van der Waals surface area (Å²) < 4.78 is 20.8. The van der Waals surface area contributed by atoms with E-state index >= 15 is 4.39 Å². The van der Waals surface area contributed by atoms with E-state index in [9.17, 15) is 9.59 Å². The summed E-state index contributed by atoms with van der Waals surface area (Å²) >= 11 is 0. The van der Waals surface area contributed by atoms with Crippen molar-refractivity contribution in [2.24, 2.45) is 16.5 Å². The lowest BCUT2D eigenvalue weighted by Crippen LogP contribution is -2.26. The van der Waals surface area contributed by atoms with Gasteiger partial charge in [0.2, 0.25) is 17.7 Å². The summed E-state index contributed by atoms with van der Waals surface area (Å²) in [5.74, 6) is -1.66. The topological polar surface area (TPSA) is 146 Å². The number of primary amides is 1. The number of halogens is 1. The normalized spacial score (nSPS) is 12.2. The Balaban J connectivity index is 1.81. The molecule has 182 valence electrons. The number of carbonyl (C=O) groups is 2. The van der Waals surface area contributed by atoms with E-state index in [2.05, 4.69) is 20.3 Å². The van der Waals surface area contributed by atoms with E-state index in [0.717, 1.165) is 0 Å². The maximum atomic E-state index is 15.0. The number of aromatic nitrogens is 2. The number of nitrogens with one attached hydrogen (secondary N) is 1. The first kappa shape index (κ1) is 25.3. The Morgan fingerprint density at radius 2 is 1.94 bits per heavy atom. The molecule has 3 aromatic rings. The van der Waals surface area contributed by atoms with Crippen LogP contribution in [0.2, 0.25) is 0 Å². The summed E-state index contributed by atoms with van der Waals surface area (Å²) in [5.41, 5.74) is 12.6. The molecule has 0 spiro atoms. The molecule has 0 aliphatic rings. The summed E-state index contributed by atoms with van der Waals surface area (Å²) in [6.45, 7) is 7.39. The second kappa shape index (κ2) is 10.3. The first-order chi connectivity index (χ1) is 16.5. The Morgan fingerprint density at radius 1 is 1.20 bits per heavy atom. The van der Waals surface area contributed by atoms with Gasteiger partial charge >= 0.3 is 0 Å². The highest BCUT2D eigenvalue weighted by molar-refractivity contribution is 5.98. The van der Waals surface area contributed by atoms with Gasteiger partial charge in [-0.05, 0) is 63.1 Å². The highest BCUT2D eigenvalue weighted by Gasteiger charge is 2.16. The molecular weight excluding hydrogens is 451 g/mol. The van der Waals surface area contributed by atoms with Gasteiger partial charge in [-0.1, -0.05) is 6.07 Å². The molecule has 0 fully saturated rings. The van der Waals surface area contributed by atoms with Gasteiger partial charge in [0.15, 0.2) is 11.6 Å². The van der Waals surface area contributed by atoms with Gasteiger partial charge in [-0.25, -0.2) is 14.4 Å². The van der Waals surface area contributed by atoms with Crippen LogP contribution < -0.4 is 21.5 Å². The second-order valence-electron chi connectivity index (χ2n) is 8.88. The van der Waals surface area contributed by atoms with Crippen molar-refractivity contribution in [2.75, 3.05) is 0 Å². The smallest absolute Gasteiger partial charge is 0.248 e. The third kappa shape index (κ3) is 6.59. The van der Waals surface area contributed by atoms with Crippen molar-refractivity contribution < 1.29 is 18.7 Å². The van der Waals surface area contributed by atoms with Crippen LogP contribution in [-0.2, 0) is 11.2 Å². The van der Waals surface area contributed by atoms with Crippen molar-refractivity contribution in [3.05, 3.63) is 71.1 Å². The molecule has 1 aromatic heterocycles. The first-order valence-corrected chi connectivity index (χ1v) is 10.8. The molecule has 10 heteroatoms. The molecule has 0 aliphatic heterocycles. The fraction of sp³-hybridized carbons (Fsp3) is 0.240. The van der Waals surface area contributed by atoms with E-state index in [1.165, 1.54) is 36.9 Å². The fourth-order valence-corrected chi connectivity index (χ4v) is 3.17. The number of allylic oxidation sites excluding steroid dienone is 1. The van der Waals surface area contributed by atoms with E-state index < -0.39 is 11.7 Å². The van der Waals surface area contributed by atoms with Crippen LogP contribution in [-0.4, -0.2) is 33.5 Å². The Labute approximate surface area is 202 Å². The van der Waals surface area contributed by atoms with Crippen molar-refractivity contribution in [1.29, 1.82) is 0 Å². The van der Waals surface area contributed by atoms with Crippen LogP contribution in [0.5, 0.6) is 11.6 Å². The van der Waals surface area contributed by atoms with Gasteiger partial charge in [0.25, 0.3) is 0 Å². The van der Waals surface area contributed by atoms with Gasteiger partial charge in [-0.3, -0.25) is 14.6 Å². The van der Waals surface area contributed by atoms with Crippen LogP contribution in [0.4, 0.5) is 4.39 Å². The molecule has 0 aliphatic carbocycles. The Hall–Kier alpha value is -4.34. The summed E-state index contributed by atoms with van der Waals surface area (Å²) in [5, 5.41) is 3.06. The maximum absolute atomic E-state index is 15.0. The molecule has 1 heterocycles. The number of amides is 2. The molecule has 0 unspecified atom stereocenters. The van der Waals surface area contributed by atoms with Crippen molar-refractivity contribution >= 4 is 28.9 Å². The van der Waals surface area contributed by atoms with Gasteiger partial charge in [-0.2, -0.15) is 0 Å². The molecule has 9 nitrogen and oxygen atoms in total. The van der Waals surface area contributed by atoms with Crippen LogP contribution in [0.25, 0.3) is 10.9 Å². The molecule has 0 radical (unpaired) electrons. The third-order valence-corrected chi connectivity index (χ3v) is 4.79. The summed E-state index contributed by atoms with van der Waals surface area (Å²) in [7, 11) is 0. The minimum atomic E-state index is -0.672. The molecule has 0 atom stereocenters. The lowest BCUT2D eigenvalue weighted by Gasteiger charge is -2.14. The molecule has 2 aromatic carbocycles. The van der Waals surface area contributed by atoms with Gasteiger partial charge in [0.05, 0.1) is 28.6 Å². The quantitative estimate of drug-likeness (QED) is 0.444. The van der Waals surface area contributed by atoms with Crippen molar-refractivity contribution in [3.8, 4) is 11.6 Å². The lowest BCUT2D eigenvalue weighted by atomic mass is 10.1. The Kier molecular flexibility index (Phi) is 7.43. The largest absolute Gasteiger partial charge is 0.435 e. The van der Waals surface area contributed by atoms with Crippen LogP contribution >= 0.6 is 0 Å². The van der Waals surface area contributed by atoms with Crippen molar-refractivity contribution in [1.82, 2.24) is 15.3 Å². The monoisotopic (exact) mass is 478 g/mol. The SMILES string of the molecule is Cc1cc(CC(=O)NC(C=NC(C)(C)C)=CN)cc(F)c1Oc1ncnc2ccc(C(N)=O)cc12. The Bertz CT molecular complexity index is 1320. The second-order valence-corrected chi connectivity index (χ2v) is 8.88. The van der Waals surface area contributed by atoms with Crippen LogP contribution in [0.1, 0.15) is 42.3 Å². The van der Waals surface area contributed by atoms with Gasteiger partial charge < -0.3 is 21.5 Å². The predicted molar refractivity (Wildman–Crippen MR) is 132 cm³/mol. The number of hydrogen-bond acceptors (Lipinski definition) is 7. The van der Waals surface area contributed by atoms with E-state index in [1.54, 1.807) is 19.1 Å². The molecule has 35 heavy (non-hydrogen) atoms.